The number of nitrogens with zero attached hydrogens (tertiary/aromatic N) is 1. The normalized spacial score (nSPS) is 13.3. The summed E-state index contributed by atoms with van der Waals surface area (Å²) in [6.45, 7) is 1.98. The molecule has 0 aliphatic carbocycles. The first-order valence-corrected chi connectivity index (χ1v) is 9.19. The zero-order chi connectivity index (χ0) is 14.8. The summed E-state index contributed by atoms with van der Waals surface area (Å²) in [5, 5.41) is 4.39. The van der Waals surface area contributed by atoms with Gasteiger partial charge in [-0.25, -0.2) is 8.42 Å². The molecule has 2 rings (SSSR count). The fourth-order valence-electron chi connectivity index (χ4n) is 1.98. The van der Waals surface area contributed by atoms with Crippen LogP contribution in [-0.4, -0.2) is 31.5 Å². The van der Waals surface area contributed by atoms with E-state index in [1.54, 1.807) is 6.20 Å². The predicted molar refractivity (Wildman–Crippen MR) is 86.9 cm³/mol. The minimum absolute atomic E-state index is 0.0824. The van der Waals surface area contributed by atoms with E-state index >= 15 is 0 Å². The van der Waals surface area contributed by atoms with Gasteiger partial charge < -0.3 is 5.32 Å². The van der Waals surface area contributed by atoms with Gasteiger partial charge in [-0.1, -0.05) is 15.9 Å². The number of benzene rings is 1. The molecule has 0 saturated heterocycles. The number of rotatable bonds is 5. The van der Waals surface area contributed by atoms with Crippen LogP contribution in [-0.2, 0) is 9.84 Å². The summed E-state index contributed by atoms with van der Waals surface area (Å²) < 4.78 is 23.4. The zero-order valence-electron chi connectivity index (χ0n) is 11.4. The van der Waals surface area contributed by atoms with Crippen molar-refractivity contribution >= 4 is 42.4 Å². The second-order valence-corrected chi connectivity index (χ2v) is 8.16. The fourth-order valence-corrected chi connectivity index (χ4v) is 3.11. The van der Waals surface area contributed by atoms with Crippen LogP contribution in [0.25, 0.3) is 10.9 Å². The Morgan fingerprint density at radius 1 is 1.35 bits per heavy atom. The summed E-state index contributed by atoms with van der Waals surface area (Å²) in [4.78, 5) is 4.33. The first-order chi connectivity index (χ1) is 9.35. The Balaban J connectivity index is 2.17. The molecule has 0 aliphatic rings. The number of hydrogen-bond acceptors (Lipinski definition) is 4. The number of pyridine rings is 1. The molecule has 0 aliphatic heterocycles. The number of halogens is 1. The lowest BCUT2D eigenvalue weighted by Gasteiger charge is -2.16. The van der Waals surface area contributed by atoms with Gasteiger partial charge in [-0.05, 0) is 37.6 Å². The van der Waals surface area contributed by atoms with E-state index in [4.69, 9.17) is 0 Å². The van der Waals surface area contributed by atoms with Gasteiger partial charge in [-0.15, -0.1) is 0 Å². The molecule has 1 aromatic heterocycles. The Morgan fingerprint density at radius 2 is 2.10 bits per heavy atom. The van der Waals surface area contributed by atoms with Gasteiger partial charge in [0.1, 0.15) is 9.84 Å². The van der Waals surface area contributed by atoms with E-state index in [9.17, 15) is 8.42 Å². The summed E-state index contributed by atoms with van der Waals surface area (Å²) in [5.74, 6) is 0.190. The third kappa shape index (κ3) is 4.18. The molecule has 1 heterocycles. The maximum Gasteiger partial charge on any atom is 0.147 e. The van der Waals surface area contributed by atoms with E-state index in [1.165, 1.54) is 6.26 Å². The van der Waals surface area contributed by atoms with E-state index in [-0.39, 0.29) is 11.8 Å². The molecule has 0 saturated carbocycles. The van der Waals surface area contributed by atoms with Crippen LogP contribution in [0.3, 0.4) is 0 Å². The Bertz CT molecular complexity index is 716. The zero-order valence-corrected chi connectivity index (χ0v) is 13.8. The van der Waals surface area contributed by atoms with Crippen molar-refractivity contribution in [3.8, 4) is 0 Å². The van der Waals surface area contributed by atoms with Crippen molar-refractivity contribution in [1.29, 1.82) is 0 Å². The summed E-state index contributed by atoms with van der Waals surface area (Å²) in [7, 11) is -2.92. The third-order valence-electron chi connectivity index (χ3n) is 3.03. The van der Waals surface area contributed by atoms with Crippen LogP contribution in [0.5, 0.6) is 0 Å². The summed E-state index contributed by atoms with van der Waals surface area (Å²) in [6, 6.07) is 7.92. The minimum atomic E-state index is -2.92. The second-order valence-electron chi connectivity index (χ2n) is 4.98. The van der Waals surface area contributed by atoms with Crippen molar-refractivity contribution in [3.63, 3.8) is 0 Å². The van der Waals surface area contributed by atoms with Crippen molar-refractivity contribution in [2.45, 2.75) is 19.4 Å². The van der Waals surface area contributed by atoms with Crippen molar-refractivity contribution in [3.05, 3.63) is 34.9 Å². The molecule has 108 valence electrons. The fraction of sp³-hybridized carbons (Fsp3) is 0.357. The molecule has 4 nitrogen and oxygen atoms in total. The van der Waals surface area contributed by atoms with Crippen LogP contribution in [0.4, 0.5) is 5.69 Å². The van der Waals surface area contributed by atoms with Crippen molar-refractivity contribution in [2.24, 2.45) is 0 Å². The number of hydrogen-bond donors (Lipinski definition) is 1. The largest absolute Gasteiger partial charge is 0.382 e. The maximum absolute atomic E-state index is 11.2. The van der Waals surface area contributed by atoms with Crippen molar-refractivity contribution in [1.82, 2.24) is 4.98 Å². The molecule has 0 spiro atoms. The average molecular weight is 357 g/mol. The molecule has 20 heavy (non-hydrogen) atoms. The minimum Gasteiger partial charge on any atom is -0.382 e. The molecule has 2 aromatic rings. The van der Waals surface area contributed by atoms with Gasteiger partial charge >= 0.3 is 0 Å². The Hall–Kier alpha value is -1.14. The van der Waals surface area contributed by atoms with Gasteiger partial charge in [0.2, 0.25) is 0 Å². The van der Waals surface area contributed by atoms with E-state index in [0.717, 1.165) is 21.1 Å². The molecule has 0 amide bonds. The van der Waals surface area contributed by atoms with Crippen LogP contribution < -0.4 is 5.32 Å². The number of anilines is 1. The summed E-state index contributed by atoms with van der Waals surface area (Å²) >= 11 is 3.43. The highest BCUT2D eigenvalue weighted by Gasteiger charge is 2.09. The first kappa shape index (κ1) is 15.3. The van der Waals surface area contributed by atoms with E-state index in [2.05, 4.69) is 26.2 Å². The van der Waals surface area contributed by atoms with Crippen LogP contribution in [0.15, 0.2) is 34.9 Å². The monoisotopic (exact) mass is 356 g/mol. The van der Waals surface area contributed by atoms with E-state index in [0.29, 0.717) is 6.42 Å². The SMILES string of the molecule is CC(CCS(C)(=O)=O)Nc1ccnc2cc(Br)ccc12. The molecule has 1 unspecified atom stereocenters. The lowest BCUT2D eigenvalue weighted by Crippen LogP contribution is -2.19. The molecular formula is C14H17BrN2O2S. The lowest BCUT2D eigenvalue weighted by atomic mass is 10.1. The molecule has 1 aromatic carbocycles. The topological polar surface area (TPSA) is 59.1 Å². The Morgan fingerprint density at radius 3 is 2.80 bits per heavy atom. The molecule has 1 atom stereocenters. The smallest absolute Gasteiger partial charge is 0.147 e. The standard InChI is InChI=1S/C14H17BrN2O2S/c1-10(6-8-20(2,18)19)17-13-5-7-16-14-9-11(15)3-4-12(13)14/h3-5,7,9-10H,6,8H2,1-2H3,(H,16,17). The maximum atomic E-state index is 11.2. The highest BCUT2D eigenvalue weighted by Crippen LogP contribution is 2.25. The van der Waals surface area contributed by atoms with Gasteiger partial charge in [0.25, 0.3) is 0 Å². The predicted octanol–water partition coefficient (Wildman–Crippen LogP) is 3.23. The summed E-state index contributed by atoms with van der Waals surface area (Å²) in [6.07, 6.45) is 3.60. The van der Waals surface area contributed by atoms with Crippen LogP contribution in [0.1, 0.15) is 13.3 Å². The molecular weight excluding hydrogens is 340 g/mol. The molecule has 6 heteroatoms. The average Bonchev–Trinajstić information content (AvgIpc) is 2.35. The van der Waals surface area contributed by atoms with Crippen LogP contribution >= 0.6 is 15.9 Å². The van der Waals surface area contributed by atoms with Gasteiger partial charge in [-0.2, -0.15) is 0 Å². The van der Waals surface area contributed by atoms with Crippen LogP contribution in [0, 0.1) is 0 Å². The quantitative estimate of drug-likeness (QED) is 0.893. The molecule has 1 N–H and O–H groups in total. The van der Waals surface area contributed by atoms with Gasteiger partial charge in [0.05, 0.1) is 11.3 Å². The van der Waals surface area contributed by atoms with Gasteiger partial charge in [-0.3, -0.25) is 4.98 Å². The Labute approximate surface area is 127 Å². The van der Waals surface area contributed by atoms with Crippen molar-refractivity contribution in [2.75, 3.05) is 17.3 Å². The van der Waals surface area contributed by atoms with Crippen molar-refractivity contribution < 1.29 is 8.42 Å². The molecule has 0 fully saturated rings. The third-order valence-corrected chi connectivity index (χ3v) is 4.50. The lowest BCUT2D eigenvalue weighted by molar-refractivity contribution is 0.596. The molecule has 0 bridgehead atoms. The van der Waals surface area contributed by atoms with Gasteiger partial charge in [0, 0.05) is 34.0 Å². The number of fused-ring (bicyclic) bond motifs is 1. The first-order valence-electron chi connectivity index (χ1n) is 6.34. The van der Waals surface area contributed by atoms with E-state index in [1.807, 2.05) is 31.2 Å². The highest BCUT2D eigenvalue weighted by atomic mass is 79.9. The second kappa shape index (κ2) is 6.10. The Kier molecular flexibility index (Phi) is 4.65. The number of aromatic nitrogens is 1. The summed E-state index contributed by atoms with van der Waals surface area (Å²) in [5.41, 5.74) is 1.88. The highest BCUT2D eigenvalue weighted by molar-refractivity contribution is 9.10. The van der Waals surface area contributed by atoms with Crippen LogP contribution in [0.2, 0.25) is 0 Å². The molecule has 0 radical (unpaired) electrons. The number of sulfone groups is 1. The number of nitrogens with one attached hydrogen (secondary N) is 1. The van der Waals surface area contributed by atoms with E-state index < -0.39 is 9.84 Å². The van der Waals surface area contributed by atoms with Gasteiger partial charge in [0.15, 0.2) is 0 Å².